The number of rotatable bonds is 7. The van der Waals surface area contributed by atoms with E-state index in [0.29, 0.717) is 18.0 Å². The van der Waals surface area contributed by atoms with Crippen LogP contribution in [0.15, 0.2) is 83.9 Å². The lowest BCUT2D eigenvalue weighted by molar-refractivity contribution is -0.339. The molecule has 0 saturated carbocycles. The molecule has 0 bridgehead atoms. The lowest BCUT2D eigenvalue weighted by atomic mass is 10.0. The monoisotopic (exact) mass is 406 g/mol. The quantitative estimate of drug-likeness (QED) is 0.587. The normalized spacial score (nSPS) is 17.8. The molecule has 4 nitrogen and oxygen atoms in total. The minimum absolute atomic E-state index is 0.445. The van der Waals surface area contributed by atoms with E-state index in [9.17, 15) is 8.63 Å². The Hall–Kier alpha value is -3.35. The molecule has 0 spiro atoms. The van der Waals surface area contributed by atoms with E-state index >= 15 is 0 Å². The van der Waals surface area contributed by atoms with Crippen LogP contribution in [0.3, 0.4) is 0 Å². The van der Waals surface area contributed by atoms with Crippen molar-refractivity contribution >= 4 is 19.2 Å². The number of hydrogen-bond donors (Lipinski definition) is 2. The highest BCUT2D eigenvalue weighted by Crippen LogP contribution is 2.22. The van der Waals surface area contributed by atoms with Gasteiger partial charge in [0.1, 0.15) is 0 Å². The summed E-state index contributed by atoms with van der Waals surface area (Å²) in [7, 11) is -2.63. The average molecular weight is 406 g/mol. The topological polar surface area (TPSA) is 43.8 Å². The van der Waals surface area contributed by atoms with Crippen molar-refractivity contribution < 1.29 is 17.9 Å². The summed E-state index contributed by atoms with van der Waals surface area (Å²) in [5.41, 5.74) is 4.62. The Labute approximate surface area is 174 Å². The fourth-order valence-corrected chi connectivity index (χ4v) is 3.54. The molecule has 0 unspecified atom stereocenters. The largest absolute Gasteiger partial charge is 0.935 e. The minimum atomic E-state index is -2.63. The highest BCUT2D eigenvalue weighted by molar-refractivity contribution is 6.35. The van der Waals surface area contributed by atoms with Crippen LogP contribution in [-0.4, -0.2) is 34.2 Å². The third-order valence-electron chi connectivity index (χ3n) is 5.02. The van der Waals surface area contributed by atoms with E-state index < -0.39 is 7.40 Å². The number of nitrogens with zero attached hydrogens (tertiary/aromatic N) is 1. The lowest BCUT2D eigenvalue weighted by Gasteiger charge is -2.12. The summed E-state index contributed by atoms with van der Waals surface area (Å²) in [5, 5.41) is 0. The van der Waals surface area contributed by atoms with E-state index in [1.807, 2.05) is 55.6 Å². The van der Waals surface area contributed by atoms with Gasteiger partial charge in [-0.25, -0.2) is 13.1 Å². The van der Waals surface area contributed by atoms with Gasteiger partial charge in [-0.3, -0.25) is 0 Å². The fraction of sp³-hybridized carbons (Fsp3) is 0.174. The number of H-pyrrole nitrogens is 2. The number of halogens is 2. The van der Waals surface area contributed by atoms with Crippen molar-refractivity contribution in [3.05, 3.63) is 89.6 Å². The first-order valence-corrected chi connectivity index (χ1v) is 10.0. The summed E-state index contributed by atoms with van der Waals surface area (Å²) < 4.78 is 34.2. The van der Waals surface area contributed by atoms with Gasteiger partial charge in [0, 0.05) is 42.6 Å². The molecule has 0 fully saturated rings. The molecule has 2 aliphatic rings. The Morgan fingerprint density at radius 2 is 2.00 bits per heavy atom. The Morgan fingerprint density at radius 3 is 2.70 bits per heavy atom. The second-order valence-electron chi connectivity index (χ2n) is 7.03. The van der Waals surface area contributed by atoms with Crippen molar-refractivity contribution in [3.8, 4) is 11.4 Å². The third-order valence-corrected chi connectivity index (χ3v) is 5.02. The second-order valence-corrected chi connectivity index (χ2v) is 7.03. The average Bonchev–Trinajstić information content (AvgIpc) is 3.49. The van der Waals surface area contributed by atoms with Gasteiger partial charge in [0.15, 0.2) is 11.4 Å². The van der Waals surface area contributed by atoms with Crippen LogP contribution in [0.2, 0.25) is 0 Å². The van der Waals surface area contributed by atoms with E-state index in [1.54, 1.807) is 24.3 Å². The van der Waals surface area contributed by atoms with Crippen molar-refractivity contribution in [2.24, 2.45) is 0 Å². The summed E-state index contributed by atoms with van der Waals surface area (Å²) in [6, 6.07) is 7.67. The maximum absolute atomic E-state index is 13.8. The number of aromatic nitrogens is 2. The first-order valence-electron chi connectivity index (χ1n) is 10.0. The first kappa shape index (κ1) is 19.9. The van der Waals surface area contributed by atoms with Crippen LogP contribution in [-0.2, 0) is 4.74 Å². The number of ether oxygens (including phenoxy) is 1. The number of aromatic amines is 2. The van der Waals surface area contributed by atoms with Crippen LogP contribution < -0.4 is 0 Å². The summed E-state index contributed by atoms with van der Waals surface area (Å²) in [6.45, 7) is 2.61. The molecular formula is C23H23BF2N3O+. The van der Waals surface area contributed by atoms with Gasteiger partial charge >= 0.3 is 7.40 Å². The van der Waals surface area contributed by atoms with Crippen LogP contribution in [0.4, 0.5) is 8.63 Å². The molecule has 1 aliphatic heterocycles. The molecule has 3 heterocycles. The number of allylic oxidation sites excluding steroid dienone is 8. The zero-order valence-electron chi connectivity index (χ0n) is 16.7. The lowest BCUT2D eigenvalue weighted by Crippen LogP contribution is -2.23. The summed E-state index contributed by atoms with van der Waals surface area (Å²) >= 11 is 0. The van der Waals surface area contributed by atoms with Gasteiger partial charge in [-0.05, 0) is 49.3 Å². The van der Waals surface area contributed by atoms with Gasteiger partial charge in [-0.1, -0.05) is 12.2 Å². The van der Waals surface area contributed by atoms with Crippen molar-refractivity contribution in [2.45, 2.75) is 19.8 Å². The van der Waals surface area contributed by atoms with E-state index in [0.717, 1.165) is 45.7 Å². The molecule has 0 aromatic carbocycles. The van der Waals surface area contributed by atoms with E-state index in [4.69, 9.17) is 4.74 Å². The zero-order chi connectivity index (χ0) is 20.9. The smallest absolute Gasteiger partial charge is 0.498 e. The maximum atomic E-state index is 13.8. The molecule has 0 radical (unpaired) electrons. The predicted octanol–water partition coefficient (Wildman–Crippen LogP) is 5.49. The van der Waals surface area contributed by atoms with Gasteiger partial charge in [0.25, 0.3) is 0 Å². The van der Waals surface area contributed by atoms with Gasteiger partial charge in [0.05, 0.1) is 23.8 Å². The van der Waals surface area contributed by atoms with Crippen molar-refractivity contribution in [1.82, 2.24) is 9.97 Å². The van der Waals surface area contributed by atoms with E-state index in [1.165, 1.54) is 0 Å². The van der Waals surface area contributed by atoms with Crippen LogP contribution in [0.5, 0.6) is 0 Å². The summed E-state index contributed by atoms with van der Waals surface area (Å²) in [4.78, 5) is 6.37. The Balaban J connectivity index is 1.55. The molecule has 30 heavy (non-hydrogen) atoms. The summed E-state index contributed by atoms with van der Waals surface area (Å²) in [5.74, 6) is 0.965. The van der Waals surface area contributed by atoms with Crippen LogP contribution in [0, 0.1) is 0 Å². The Kier molecular flexibility index (Phi) is 5.98. The van der Waals surface area contributed by atoms with Gasteiger partial charge in [-0.15, -0.1) is 0 Å². The van der Waals surface area contributed by atoms with E-state index in [2.05, 4.69) is 9.97 Å². The van der Waals surface area contributed by atoms with Gasteiger partial charge < -0.3 is 14.7 Å². The minimum Gasteiger partial charge on any atom is -0.498 e. The molecule has 152 valence electrons. The van der Waals surface area contributed by atoms with Gasteiger partial charge in [-0.2, -0.15) is 0 Å². The standard InChI is InChI=1S/C23H22BF2N3O/c1-2-30-21-12-6-17(7-13-21)5-9-19-10-11-20(29(19)24(25)26)16-18-8-14-23(28-18)22-4-3-15-27-22/h3-6,8-12,14-16H,2,7,13H2,1H3,(H,27,28)/p+1/b9-5+. The highest BCUT2D eigenvalue weighted by atomic mass is 19.2. The summed E-state index contributed by atoms with van der Waals surface area (Å²) in [6.07, 6.45) is 16.2. The van der Waals surface area contributed by atoms with Crippen molar-refractivity contribution in [1.29, 1.82) is 0 Å². The van der Waals surface area contributed by atoms with Crippen molar-refractivity contribution in [2.75, 3.05) is 6.61 Å². The molecule has 0 amide bonds. The third kappa shape index (κ3) is 4.45. The van der Waals surface area contributed by atoms with Crippen LogP contribution >= 0.6 is 0 Å². The molecule has 7 heteroatoms. The fourth-order valence-electron chi connectivity index (χ4n) is 3.54. The molecule has 0 saturated heterocycles. The van der Waals surface area contributed by atoms with Gasteiger partial charge in [0.2, 0.25) is 0 Å². The Bertz CT molecular complexity index is 1090. The molecule has 2 aromatic rings. The first-order chi connectivity index (χ1) is 14.6. The SMILES string of the molecule is CCOC1=CC=C(/C=C/C2=[N+](B(F)F)C(=C\c3ccc(-c4ccc[nH]4)[nH]3)/C=C2)CC1. The van der Waals surface area contributed by atoms with Crippen LogP contribution in [0.25, 0.3) is 17.5 Å². The maximum Gasteiger partial charge on any atom is 0.935 e. The van der Waals surface area contributed by atoms with E-state index in [-0.39, 0.29) is 0 Å². The van der Waals surface area contributed by atoms with Crippen molar-refractivity contribution in [3.63, 3.8) is 0 Å². The molecular weight excluding hydrogens is 383 g/mol. The molecule has 0 atom stereocenters. The second kappa shape index (κ2) is 8.99. The highest BCUT2D eigenvalue weighted by Gasteiger charge is 2.41. The number of nitrogens with one attached hydrogen (secondary N) is 2. The number of hydrogen-bond acceptors (Lipinski definition) is 1. The Morgan fingerprint density at radius 1 is 1.10 bits per heavy atom. The molecule has 2 N–H and O–H groups in total. The van der Waals surface area contributed by atoms with Crippen LogP contribution in [0.1, 0.15) is 25.5 Å². The predicted molar refractivity (Wildman–Crippen MR) is 117 cm³/mol. The molecule has 2 aromatic heterocycles. The zero-order valence-corrected chi connectivity index (χ0v) is 16.7. The molecule has 1 aliphatic carbocycles. The molecule has 4 rings (SSSR count).